The van der Waals surface area contributed by atoms with E-state index in [9.17, 15) is 4.79 Å². The Balaban J connectivity index is 2.45. The summed E-state index contributed by atoms with van der Waals surface area (Å²) < 4.78 is 1.86. The van der Waals surface area contributed by atoms with Gasteiger partial charge in [0.05, 0.1) is 17.1 Å². The second-order valence-electron chi connectivity index (χ2n) is 4.41. The van der Waals surface area contributed by atoms with Gasteiger partial charge in [0.1, 0.15) is 6.54 Å². The van der Waals surface area contributed by atoms with Crippen molar-refractivity contribution >= 4 is 27.7 Å². The van der Waals surface area contributed by atoms with E-state index < -0.39 is 5.91 Å². The van der Waals surface area contributed by atoms with Gasteiger partial charge in [-0.25, -0.2) is 0 Å². The Morgan fingerprint density at radius 1 is 1.16 bits per heavy atom. The van der Waals surface area contributed by atoms with Crippen LogP contribution in [0.3, 0.4) is 0 Å². The molecule has 92 valence electrons. The number of nitrogens with zero attached hydrogens (tertiary/aromatic N) is 2. The number of carbonyl (C=O) groups excluding carboxylic acids is 1. The van der Waals surface area contributed by atoms with Gasteiger partial charge < -0.3 is 10.3 Å². The standard InChI is InChI=1S/C15H11N3O/c16-8-10-5-6-12-11-3-1-2-4-13(11)18(9-15(17)19)14(12)7-10/h1-7H,9H2,(H2,17,19). The molecule has 4 nitrogen and oxygen atoms in total. The lowest BCUT2D eigenvalue weighted by Gasteiger charge is -2.04. The van der Waals surface area contributed by atoms with Crippen LogP contribution < -0.4 is 5.73 Å². The summed E-state index contributed by atoms with van der Waals surface area (Å²) in [5.41, 5.74) is 7.69. The summed E-state index contributed by atoms with van der Waals surface area (Å²) in [7, 11) is 0. The van der Waals surface area contributed by atoms with Crippen LogP contribution in [0.1, 0.15) is 5.56 Å². The third kappa shape index (κ3) is 1.72. The molecule has 0 atom stereocenters. The first-order valence-electron chi connectivity index (χ1n) is 5.90. The summed E-state index contributed by atoms with van der Waals surface area (Å²) in [5, 5.41) is 11.1. The van der Waals surface area contributed by atoms with Crippen molar-refractivity contribution in [3.8, 4) is 6.07 Å². The number of hydrogen-bond donors (Lipinski definition) is 1. The highest BCUT2D eigenvalue weighted by Crippen LogP contribution is 2.29. The summed E-state index contributed by atoms with van der Waals surface area (Å²) in [6, 6.07) is 15.4. The molecule has 1 aromatic heterocycles. The first-order chi connectivity index (χ1) is 9.20. The molecule has 1 amide bonds. The van der Waals surface area contributed by atoms with E-state index in [2.05, 4.69) is 6.07 Å². The molecule has 2 N–H and O–H groups in total. The summed E-state index contributed by atoms with van der Waals surface area (Å²) in [4.78, 5) is 11.2. The molecule has 0 aliphatic heterocycles. The van der Waals surface area contributed by atoms with Crippen molar-refractivity contribution < 1.29 is 4.79 Å². The number of carbonyl (C=O) groups is 1. The fourth-order valence-corrected chi connectivity index (χ4v) is 2.44. The molecule has 3 aromatic rings. The zero-order valence-electron chi connectivity index (χ0n) is 10.1. The molecule has 0 spiro atoms. The maximum absolute atomic E-state index is 11.2. The monoisotopic (exact) mass is 249 g/mol. The number of nitrogens with two attached hydrogens (primary N) is 1. The average Bonchev–Trinajstić information content (AvgIpc) is 2.72. The van der Waals surface area contributed by atoms with Crippen molar-refractivity contribution in [2.45, 2.75) is 6.54 Å². The molecule has 3 rings (SSSR count). The van der Waals surface area contributed by atoms with Crippen LogP contribution in [-0.2, 0) is 11.3 Å². The lowest BCUT2D eigenvalue weighted by Crippen LogP contribution is -2.18. The molecular weight excluding hydrogens is 238 g/mol. The van der Waals surface area contributed by atoms with E-state index in [0.29, 0.717) is 5.56 Å². The third-order valence-electron chi connectivity index (χ3n) is 3.22. The van der Waals surface area contributed by atoms with Gasteiger partial charge in [-0.15, -0.1) is 0 Å². The number of fused-ring (bicyclic) bond motifs is 3. The average molecular weight is 249 g/mol. The molecule has 0 aliphatic carbocycles. The predicted molar refractivity (Wildman–Crippen MR) is 73.4 cm³/mol. The Kier molecular flexibility index (Phi) is 2.46. The second kappa shape index (κ2) is 4.14. The minimum atomic E-state index is -0.398. The quantitative estimate of drug-likeness (QED) is 0.755. The van der Waals surface area contributed by atoms with Gasteiger partial charge in [0.15, 0.2) is 0 Å². The summed E-state index contributed by atoms with van der Waals surface area (Å²) in [6.07, 6.45) is 0. The molecule has 1 heterocycles. The van der Waals surface area contributed by atoms with Crippen molar-refractivity contribution in [2.24, 2.45) is 5.73 Å². The van der Waals surface area contributed by atoms with Crippen LogP contribution in [0.2, 0.25) is 0 Å². The molecule has 0 aliphatic rings. The fourth-order valence-electron chi connectivity index (χ4n) is 2.44. The maximum atomic E-state index is 11.2. The minimum absolute atomic E-state index is 0.110. The molecule has 0 saturated heterocycles. The van der Waals surface area contributed by atoms with Crippen molar-refractivity contribution in [3.63, 3.8) is 0 Å². The van der Waals surface area contributed by atoms with Crippen molar-refractivity contribution in [1.29, 1.82) is 5.26 Å². The first kappa shape index (κ1) is 11.3. The van der Waals surface area contributed by atoms with E-state index in [0.717, 1.165) is 21.8 Å². The number of primary amides is 1. The van der Waals surface area contributed by atoms with Gasteiger partial charge >= 0.3 is 0 Å². The van der Waals surface area contributed by atoms with Crippen molar-refractivity contribution in [2.75, 3.05) is 0 Å². The fraction of sp³-hybridized carbons (Fsp3) is 0.0667. The number of para-hydroxylation sites is 1. The molecule has 0 bridgehead atoms. The van der Waals surface area contributed by atoms with Crippen LogP contribution in [0.5, 0.6) is 0 Å². The van der Waals surface area contributed by atoms with Gasteiger partial charge in [0.2, 0.25) is 5.91 Å². The van der Waals surface area contributed by atoms with Gasteiger partial charge in [-0.2, -0.15) is 5.26 Å². The molecule has 4 heteroatoms. The van der Waals surface area contributed by atoms with E-state index in [-0.39, 0.29) is 6.54 Å². The van der Waals surface area contributed by atoms with Crippen LogP contribution in [-0.4, -0.2) is 10.5 Å². The van der Waals surface area contributed by atoms with E-state index in [1.165, 1.54) is 0 Å². The normalized spacial score (nSPS) is 10.7. The molecule has 0 saturated carbocycles. The smallest absolute Gasteiger partial charge is 0.237 e. The highest BCUT2D eigenvalue weighted by Gasteiger charge is 2.11. The summed E-state index contributed by atoms with van der Waals surface area (Å²) in [5.74, 6) is -0.398. The summed E-state index contributed by atoms with van der Waals surface area (Å²) in [6.45, 7) is 0.110. The highest BCUT2D eigenvalue weighted by molar-refractivity contribution is 6.08. The van der Waals surface area contributed by atoms with Gasteiger partial charge in [-0.1, -0.05) is 24.3 Å². The number of aromatic nitrogens is 1. The zero-order valence-corrected chi connectivity index (χ0v) is 10.1. The van der Waals surface area contributed by atoms with Crippen LogP contribution in [0, 0.1) is 11.3 Å². The van der Waals surface area contributed by atoms with Gasteiger partial charge in [0.25, 0.3) is 0 Å². The Labute approximate surface area is 109 Å². The van der Waals surface area contributed by atoms with Crippen LogP contribution >= 0.6 is 0 Å². The van der Waals surface area contributed by atoms with Gasteiger partial charge in [-0.3, -0.25) is 4.79 Å². The Morgan fingerprint density at radius 3 is 2.63 bits per heavy atom. The topological polar surface area (TPSA) is 71.8 Å². The number of amides is 1. The number of rotatable bonds is 2. The summed E-state index contributed by atoms with van der Waals surface area (Å²) >= 11 is 0. The minimum Gasteiger partial charge on any atom is -0.368 e. The first-order valence-corrected chi connectivity index (χ1v) is 5.90. The Hall–Kier alpha value is -2.80. The Morgan fingerprint density at radius 2 is 1.89 bits per heavy atom. The van der Waals surface area contributed by atoms with Crippen LogP contribution in [0.4, 0.5) is 0 Å². The molecule has 0 fully saturated rings. The second-order valence-corrected chi connectivity index (χ2v) is 4.41. The third-order valence-corrected chi connectivity index (χ3v) is 3.22. The van der Waals surface area contributed by atoms with Crippen molar-refractivity contribution in [3.05, 3.63) is 48.0 Å². The predicted octanol–water partition coefficient (Wildman–Crippen LogP) is 2.15. The molecule has 19 heavy (non-hydrogen) atoms. The molecular formula is C15H11N3O. The van der Waals surface area contributed by atoms with E-state index >= 15 is 0 Å². The number of nitriles is 1. The van der Waals surface area contributed by atoms with E-state index in [1.807, 2.05) is 34.9 Å². The van der Waals surface area contributed by atoms with E-state index in [1.54, 1.807) is 12.1 Å². The molecule has 0 radical (unpaired) electrons. The van der Waals surface area contributed by atoms with E-state index in [4.69, 9.17) is 11.0 Å². The molecule has 2 aromatic carbocycles. The maximum Gasteiger partial charge on any atom is 0.237 e. The van der Waals surface area contributed by atoms with Gasteiger partial charge in [0, 0.05) is 16.3 Å². The van der Waals surface area contributed by atoms with Gasteiger partial charge in [-0.05, 0) is 18.2 Å². The van der Waals surface area contributed by atoms with Crippen LogP contribution in [0.15, 0.2) is 42.5 Å². The zero-order chi connectivity index (χ0) is 13.4. The van der Waals surface area contributed by atoms with Crippen molar-refractivity contribution in [1.82, 2.24) is 4.57 Å². The highest BCUT2D eigenvalue weighted by atomic mass is 16.1. The van der Waals surface area contributed by atoms with Crippen LogP contribution in [0.25, 0.3) is 21.8 Å². The number of hydrogen-bond acceptors (Lipinski definition) is 2. The molecule has 0 unspecified atom stereocenters. The lowest BCUT2D eigenvalue weighted by molar-refractivity contribution is -0.118. The Bertz CT molecular complexity index is 840. The lowest BCUT2D eigenvalue weighted by atomic mass is 10.1. The number of benzene rings is 2. The SMILES string of the molecule is N#Cc1ccc2c3ccccc3n(CC(N)=O)c2c1. The largest absolute Gasteiger partial charge is 0.368 e.